The Bertz CT molecular complexity index is 485. The van der Waals surface area contributed by atoms with E-state index >= 15 is 0 Å². The molecule has 1 aliphatic carbocycles. The van der Waals surface area contributed by atoms with Gasteiger partial charge in [0.2, 0.25) is 0 Å². The maximum atomic E-state index is 12.7. The van der Waals surface area contributed by atoms with Crippen molar-refractivity contribution in [2.45, 2.75) is 51.6 Å². The number of unbranched alkanes of at least 4 members (excludes halogenated alkanes) is 1. The van der Waals surface area contributed by atoms with Crippen molar-refractivity contribution in [1.82, 2.24) is 0 Å². The minimum atomic E-state index is -4.25. The fourth-order valence-corrected chi connectivity index (χ4v) is 2.85. The number of allylic oxidation sites excluding steroid dienone is 2. The lowest BCUT2D eigenvalue weighted by atomic mass is 9.68. The Morgan fingerprint density at radius 1 is 1.25 bits per heavy atom. The van der Waals surface area contributed by atoms with Crippen molar-refractivity contribution in [2.24, 2.45) is 5.92 Å². The molecule has 0 spiro atoms. The average molecular weight is 282 g/mol. The summed E-state index contributed by atoms with van der Waals surface area (Å²) in [6.07, 6.45) is 4.63. The molecule has 1 fully saturated rings. The largest absolute Gasteiger partial charge is 0.416 e. The zero-order valence-electron chi connectivity index (χ0n) is 12.0. The van der Waals surface area contributed by atoms with E-state index < -0.39 is 11.7 Å². The standard InChI is InChI=1S/C17H21F3/c1-3-4-5-6-13-7-9-16(13)15-10-8-14(11-12(15)2)17(18,19)20/h5-6,8,10-11,13,16H,3-4,7,9H2,1-2H3. The molecule has 0 aromatic heterocycles. The minimum absolute atomic E-state index is 0.394. The highest BCUT2D eigenvalue weighted by Gasteiger charge is 2.34. The van der Waals surface area contributed by atoms with Crippen LogP contribution in [0, 0.1) is 12.8 Å². The predicted molar refractivity (Wildman–Crippen MR) is 75.7 cm³/mol. The van der Waals surface area contributed by atoms with Gasteiger partial charge in [0.05, 0.1) is 5.56 Å². The summed E-state index contributed by atoms with van der Waals surface area (Å²) < 4.78 is 38.0. The van der Waals surface area contributed by atoms with Gasteiger partial charge in [-0.1, -0.05) is 31.6 Å². The molecule has 2 atom stereocenters. The summed E-state index contributed by atoms with van der Waals surface area (Å²) in [7, 11) is 0. The molecule has 0 saturated heterocycles. The van der Waals surface area contributed by atoms with Crippen molar-refractivity contribution in [3.05, 3.63) is 47.0 Å². The predicted octanol–water partition coefficient (Wildman–Crippen LogP) is 5.86. The van der Waals surface area contributed by atoms with Gasteiger partial charge in [0, 0.05) is 0 Å². The SMILES string of the molecule is CCCC=CC1CCC1c1ccc(C(F)(F)F)cc1C. The summed E-state index contributed by atoms with van der Waals surface area (Å²) in [6, 6.07) is 4.16. The van der Waals surface area contributed by atoms with E-state index in [1.165, 1.54) is 12.1 Å². The topological polar surface area (TPSA) is 0 Å². The molecule has 1 saturated carbocycles. The number of alkyl halides is 3. The lowest BCUT2D eigenvalue weighted by molar-refractivity contribution is -0.137. The van der Waals surface area contributed by atoms with Crippen LogP contribution in [0.3, 0.4) is 0 Å². The first kappa shape index (κ1) is 15.1. The molecule has 2 unspecified atom stereocenters. The van der Waals surface area contributed by atoms with Crippen molar-refractivity contribution in [2.75, 3.05) is 0 Å². The molecule has 20 heavy (non-hydrogen) atoms. The van der Waals surface area contributed by atoms with Crippen LogP contribution in [0.1, 0.15) is 55.2 Å². The monoisotopic (exact) mass is 282 g/mol. The highest BCUT2D eigenvalue weighted by molar-refractivity contribution is 5.37. The maximum Gasteiger partial charge on any atom is 0.416 e. The zero-order valence-corrected chi connectivity index (χ0v) is 12.0. The van der Waals surface area contributed by atoms with Crippen LogP contribution in [0.4, 0.5) is 13.2 Å². The number of aryl methyl sites for hydroxylation is 1. The molecule has 0 nitrogen and oxygen atoms in total. The van der Waals surface area contributed by atoms with Crippen LogP contribution in [0.15, 0.2) is 30.4 Å². The minimum Gasteiger partial charge on any atom is -0.166 e. The summed E-state index contributed by atoms with van der Waals surface area (Å²) in [5, 5.41) is 0. The molecular weight excluding hydrogens is 261 g/mol. The normalized spacial score (nSPS) is 23.1. The van der Waals surface area contributed by atoms with Crippen LogP contribution < -0.4 is 0 Å². The molecule has 1 aromatic rings. The maximum absolute atomic E-state index is 12.7. The van der Waals surface area contributed by atoms with Gasteiger partial charge in [-0.2, -0.15) is 13.2 Å². The van der Waals surface area contributed by atoms with Gasteiger partial charge in [-0.05, 0) is 61.3 Å². The van der Waals surface area contributed by atoms with E-state index in [0.717, 1.165) is 36.8 Å². The molecule has 2 rings (SSSR count). The summed E-state index contributed by atoms with van der Waals surface area (Å²) in [5.41, 5.74) is 1.30. The van der Waals surface area contributed by atoms with E-state index in [2.05, 4.69) is 19.1 Å². The van der Waals surface area contributed by atoms with Gasteiger partial charge in [0.25, 0.3) is 0 Å². The highest BCUT2D eigenvalue weighted by Crippen LogP contribution is 2.45. The molecule has 1 aromatic carbocycles. The lowest BCUT2D eigenvalue weighted by Crippen LogP contribution is -2.23. The summed E-state index contributed by atoms with van der Waals surface area (Å²) >= 11 is 0. The van der Waals surface area contributed by atoms with E-state index in [1.807, 2.05) is 0 Å². The summed E-state index contributed by atoms with van der Waals surface area (Å²) in [4.78, 5) is 0. The van der Waals surface area contributed by atoms with Gasteiger partial charge in [0.1, 0.15) is 0 Å². The number of rotatable bonds is 4. The van der Waals surface area contributed by atoms with Gasteiger partial charge in [-0.3, -0.25) is 0 Å². The molecule has 0 radical (unpaired) electrons. The Balaban J connectivity index is 2.14. The third-order valence-corrected chi connectivity index (χ3v) is 4.16. The number of hydrogen-bond donors (Lipinski definition) is 0. The zero-order chi connectivity index (χ0) is 14.8. The smallest absolute Gasteiger partial charge is 0.166 e. The van der Waals surface area contributed by atoms with E-state index in [-0.39, 0.29) is 0 Å². The summed E-state index contributed by atoms with van der Waals surface area (Å²) in [5.74, 6) is 0.891. The fraction of sp³-hybridized carbons (Fsp3) is 0.529. The Labute approximate surface area is 118 Å². The second kappa shape index (κ2) is 6.02. The number of benzene rings is 1. The van der Waals surface area contributed by atoms with Crippen molar-refractivity contribution in [1.29, 1.82) is 0 Å². The first-order valence-electron chi connectivity index (χ1n) is 7.28. The Morgan fingerprint density at radius 3 is 2.50 bits per heavy atom. The molecular formula is C17H21F3. The first-order valence-corrected chi connectivity index (χ1v) is 7.28. The molecule has 1 aliphatic rings. The van der Waals surface area contributed by atoms with E-state index in [4.69, 9.17) is 0 Å². The molecule has 3 heteroatoms. The van der Waals surface area contributed by atoms with E-state index in [9.17, 15) is 13.2 Å². The van der Waals surface area contributed by atoms with Crippen molar-refractivity contribution in [3.8, 4) is 0 Å². The first-order chi connectivity index (χ1) is 9.43. The van der Waals surface area contributed by atoms with Crippen LogP contribution >= 0.6 is 0 Å². The van der Waals surface area contributed by atoms with Gasteiger partial charge >= 0.3 is 6.18 Å². The van der Waals surface area contributed by atoms with Crippen molar-refractivity contribution >= 4 is 0 Å². The highest BCUT2D eigenvalue weighted by atomic mass is 19.4. The molecule has 0 amide bonds. The second-order valence-corrected chi connectivity index (χ2v) is 5.63. The third kappa shape index (κ3) is 3.25. The van der Waals surface area contributed by atoms with Crippen molar-refractivity contribution < 1.29 is 13.2 Å². The third-order valence-electron chi connectivity index (χ3n) is 4.16. The Hall–Kier alpha value is -1.25. The van der Waals surface area contributed by atoms with Crippen LogP contribution in [0.25, 0.3) is 0 Å². The Morgan fingerprint density at radius 2 is 2.00 bits per heavy atom. The lowest BCUT2D eigenvalue weighted by Gasteiger charge is -2.36. The molecule has 0 bridgehead atoms. The van der Waals surface area contributed by atoms with Crippen LogP contribution in [0.2, 0.25) is 0 Å². The van der Waals surface area contributed by atoms with Gasteiger partial charge in [-0.15, -0.1) is 0 Å². The van der Waals surface area contributed by atoms with Crippen LogP contribution in [0.5, 0.6) is 0 Å². The molecule has 0 aliphatic heterocycles. The van der Waals surface area contributed by atoms with Crippen LogP contribution in [-0.2, 0) is 6.18 Å². The molecule has 0 N–H and O–H groups in total. The average Bonchev–Trinajstić information content (AvgIpc) is 2.34. The van der Waals surface area contributed by atoms with Crippen molar-refractivity contribution in [3.63, 3.8) is 0 Å². The quantitative estimate of drug-likeness (QED) is 0.606. The van der Waals surface area contributed by atoms with Gasteiger partial charge in [0.15, 0.2) is 0 Å². The fourth-order valence-electron chi connectivity index (χ4n) is 2.85. The van der Waals surface area contributed by atoms with Gasteiger partial charge in [-0.25, -0.2) is 0 Å². The van der Waals surface area contributed by atoms with Gasteiger partial charge < -0.3 is 0 Å². The Kier molecular flexibility index (Phi) is 4.56. The van der Waals surface area contributed by atoms with E-state index in [1.54, 1.807) is 13.0 Å². The summed E-state index contributed by atoms with van der Waals surface area (Å²) in [6.45, 7) is 3.93. The number of halogens is 3. The molecule has 0 heterocycles. The molecule has 110 valence electrons. The number of hydrogen-bond acceptors (Lipinski definition) is 0. The van der Waals surface area contributed by atoms with E-state index in [0.29, 0.717) is 11.8 Å². The second-order valence-electron chi connectivity index (χ2n) is 5.63. The van der Waals surface area contributed by atoms with Crippen LogP contribution in [-0.4, -0.2) is 0 Å².